The number of carboxylic acids is 1. The Balaban J connectivity index is 1.97. The van der Waals surface area contributed by atoms with Crippen LogP contribution in [0.4, 0.5) is 0 Å². The minimum atomic E-state index is -1.04. The minimum absolute atomic E-state index is 0.130. The number of pyridine rings is 2. The Morgan fingerprint density at radius 1 is 1.08 bits per heavy atom. The quantitative estimate of drug-likeness (QED) is 0.355. The summed E-state index contributed by atoms with van der Waals surface area (Å²) in [5.41, 5.74) is 5.34. The summed E-state index contributed by atoms with van der Waals surface area (Å²) in [6.07, 6.45) is 5.96. The highest BCUT2D eigenvalue weighted by atomic mass is 16.4. The molecule has 0 spiro atoms. The van der Waals surface area contributed by atoms with E-state index in [1.165, 1.54) is 10.6 Å². The van der Waals surface area contributed by atoms with Crippen LogP contribution in [0.15, 0.2) is 59.8 Å². The average molecular weight is 533 g/mol. The van der Waals surface area contributed by atoms with Crippen molar-refractivity contribution >= 4 is 11.9 Å². The Morgan fingerprint density at radius 3 is 2.38 bits per heavy atom. The van der Waals surface area contributed by atoms with Gasteiger partial charge in [-0.15, -0.1) is 0 Å². The summed E-state index contributed by atoms with van der Waals surface area (Å²) in [6, 6.07) is 9.63. The van der Waals surface area contributed by atoms with Crippen LogP contribution in [0.5, 0.6) is 0 Å². The second-order valence-electron chi connectivity index (χ2n) is 10.9. The predicted molar refractivity (Wildman–Crippen MR) is 154 cm³/mol. The van der Waals surface area contributed by atoms with E-state index < -0.39 is 18.1 Å². The maximum atomic E-state index is 13.7. The molecule has 8 nitrogen and oxygen atoms in total. The molecular weight excluding hydrogens is 492 g/mol. The van der Waals surface area contributed by atoms with Crippen molar-refractivity contribution in [1.29, 1.82) is 0 Å². The molecule has 0 saturated heterocycles. The van der Waals surface area contributed by atoms with Gasteiger partial charge in [0.25, 0.3) is 5.56 Å². The molecule has 39 heavy (non-hydrogen) atoms. The summed E-state index contributed by atoms with van der Waals surface area (Å²) in [4.78, 5) is 44.9. The number of likely N-dealkylation sites (N-methyl/N-ethyl adjacent to an activating group) is 1. The van der Waals surface area contributed by atoms with Crippen LogP contribution in [0.3, 0.4) is 0 Å². The van der Waals surface area contributed by atoms with Crippen molar-refractivity contribution in [2.24, 2.45) is 5.92 Å². The van der Waals surface area contributed by atoms with Crippen molar-refractivity contribution in [3.63, 3.8) is 0 Å². The highest BCUT2D eigenvalue weighted by Crippen LogP contribution is 2.29. The fraction of sp³-hybridized carbons (Fsp3) is 0.419. The Hall–Kier alpha value is -3.78. The number of nitrogens with one attached hydrogen (secondary N) is 1. The standard InChI is InChI=1S/C31H40N4O4/c1-20(2)14-27(35-19-23(10-11-28(35)36)12-13-34(5)6)31(39)33-26(16-29(37)38)24-15-25(18-32-17-24)30-21(3)8-7-9-22(30)4/h7-11,15,17-20,26-27H,12-14,16H2,1-6H3,(H,33,39)(H,37,38)/t26-,27?/m0/s1. The first-order chi connectivity index (χ1) is 18.5. The first-order valence-corrected chi connectivity index (χ1v) is 13.4. The molecule has 3 aromatic rings. The molecule has 208 valence electrons. The fourth-order valence-electron chi connectivity index (χ4n) is 4.84. The molecule has 2 N–H and O–H groups in total. The Labute approximate surface area is 230 Å². The minimum Gasteiger partial charge on any atom is -0.481 e. The van der Waals surface area contributed by atoms with Crippen LogP contribution in [0.25, 0.3) is 11.1 Å². The number of carboxylic acid groups (broad SMARTS) is 1. The molecule has 3 rings (SSSR count). The Bertz CT molecular complexity index is 1340. The molecule has 0 aliphatic rings. The maximum absolute atomic E-state index is 13.7. The summed E-state index contributed by atoms with van der Waals surface area (Å²) in [7, 11) is 3.97. The van der Waals surface area contributed by atoms with Gasteiger partial charge < -0.3 is 19.9 Å². The number of nitrogens with zero attached hydrogens (tertiary/aromatic N) is 3. The number of hydrogen-bond donors (Lipinski definition) is 2. The molecule has 1 aromatic carbocycles. The Kier molecular flexibility index (Phi) is 10.2. The molecule has 0 aliphatic heterocycles. The van der Waals surface area contributed by atoms with Gasteiger partial charge in [-0.05, 0) is 80.6 Å². The van der Waals surface area contributed by atoms with E-state index in [-0.39, 0.29) is 23.8 Å². The van der Waals surface area contributed by atoms with E-state index in [1.54, 1.807) is 24.7 Å². The second-order valence-corrected chi connectivity index (χ2v) is 10.9. The zero-order chi connectivity index (χ0) is 28.7. The monoisotopic (exact) mass is 532 g/mol. The SMILES string of the molecule is Cc1cccc(C)c1-c1cncc([C@H](CC(=O)O)NC(=O)C(CC(C)C)n2cc(CCN(C)C)ccc2=O)c1. The molecule has 0 radical (unpaired) electrons. The number of hydrogen-bond acceptors (Lipinski definition) is 5. The number of amides is 1. The van der Waals surface area contributed by atoms with E-state index in [0.29, 0.717) is 12.0 Å². The van der Waals surface area contributed by atoms with Gasteiger partial charge in [-0.25, -0.2) is 0 Å². The molecule has 2 heterocycles. The van der Waals surface area contributed by atoms with E-state index in [9.17, 15) is 19.5 Å². The van der Waals surface area contributed by atoms with Crippen LogP contribution in [0.2, 0.25) is 0 Å². The molecule has 1 unspecified atom stereocenters. The number of carbonyl (C=O) groups is 2. The topological polar surface area (TPSA) is 105 Å². The first-order valence-electron chi connectivity index (χ1n) is 13.4. The predicted octanol–water partition coefficient (Wildman–Crippen LogP) is 4.55. The zero-order valence-corrected chi connectivity index (χ0v) is 23.8. The van der Waals surface area contributed by atoms with Crippen molar-refractivity contribution in [3.8, 4) is 11.1 Å². The molecule has 2 atom stereocenters. The van der Waals surface area contributed by atoms with Gasteiger partial charge in [-0.2, -0.15) is 0 Å². The lowest BCUT2D eigenvalue weighted by atomic mass is 9.94. The van der Waals surface area contributed by atoms with Gasteiger partial charge in [0.2, 0.25) is 5.91 Å². The zero-order valence-electron chi connectivity index (χ0n) is 23.8. The fourth-order valence-corrected chi connectivity index (χ4v) is 4.84. The van der Waals surface area contributed by atoms with E-state index in [0.717, 1.165) is 40.8 Å². The number of aromatic nitrogens is 2. The van der Waals surface area contributed by atoms with Gasteiger partial charge in [0.05, 0.1) is 12.5 Å². The lowest BCUT2D eigenvalue weighted by Gasteiger charge is -2.25. The second kappa shape index (κ2) is 13.3. The van der Waals surface area contributed by atoms with Gasteiger partial charge in [0.1, 0.15) is 6.04 Å². The third-order valence-electron chi connectivity index (χ3n) is 6.81. The van der Waals surface area contributed by atoms with Crippen molar-refractivity contribution in [2.45, 2.75) is 59.0 Å². The molecule has 0 bridgehead atoms. The van der Waals surface area contributed by atoms with Gasteiger partial charge in [-0.1, -0.05) is 38.1 Å². The van der Waals surface area contributed by atoms with E-state index >= 15 is 0 Å². The summed E-state index contributed by atoms with van der Waals surface area (Å²) < 4.78 is 1.49. The van der Waals surface area contributed by atoms with Crippen LogP contribution >= 0.6 is 0 Å². The van der Waals surface area contributed by atoms with Crippen LogP contribution in [0.1, 0.15) is 61.0 Å². The molecule has 0 saturated carbocycles. The van der Waals surface area contributed by atoms with Gasteiger partial charge in [-0.3, -0.25) is 19.4 Å². The van der Waals surface area contributed by atoms with Crippen molar-refractivity contribution in [3.05, 3.63) is 87.6 Å². The highest BCUT2D eigenvalue weighted by Gasteiger charge is 2.27. The number of benzene rings is 1. The van der Waals surface area contributed by atoms with E-state index in [4.69, 9.17) is 0 Å². The van der Waals surface area contributed by atoms with Gasteiger partial charge in [0, 0.05) is 36.8 Å². The maximum Gasteiger partial charge on any atom is 0.305 e. The molecule has 1 amide bonds. The van der Waals surface area contributed by atoms with Crippen molar-refractivity contribution in [1.82, 2.24) is 19.8 Å². The van der Waals surface area contributed by atoms with Crippen molar-refractivity contribution in [2.75, 3.05) is 20.6 Å². The van der Waals surface area contributed by atoms with Crippen LogP contribution in [-0.4, -0.2) is 52.1 Å². The molecule has 0 aliphatic carbocycles. The van der Waals surface area contributed by atoms with Crippen molar-refractivity contribution < 1.29 is 14.7 Å². The smallest absolute Gasteiger partial charge is 0.305 e. The highest BCUT2D eigenvalue weighted by molar-refractivity contribution is 5.82. The number of rotatable bonds is 12. The summed E-state index contributed by atoms with van der Waals surface area (Å²) in [5.74, 6) is -1.30. The number of aryl methyl sites for hydroxylation is 2. The molecular formula is C31H40N4O4. The summed E-state index contributed by atoms with van der Waals surface area (Å²) >= 11 is 0. The summed E-state index contributed by atoms with van der Waals surface area (Å²) in [6.45, 7) is 8.84. The lowest BCUT2D eigenvalue weighted by molar-refractivity contribution is -0.138. The van der Waals surface area contributed by atoms with E-state index in [2.05, 4.69) is 15.2 Å². The number of aliphatic carboxylic acids is 1. The normalized spacial score (nSPS) is 12.9. The average Bonchev–Trinajstić information content (AvgIpc) is 2.86. The largest absolute Gasteiger partial charge is 0.481 e. The van der Waals surface area contributed by atoms with Crippen LogP contribution in [0, 0.1) is 19.8 Å². The van der Waals surface area contributed by atoms with Crippen LogP contribution < -0.4 is 10.9 Å². The molecule has 0 fully saturated rings. The van der Waals surface area contributed by atoms with E-state index in [1.807, 2.05) is 66.1 Å². The van der Waals surface area contributed by atoms with Gasteiger partial charge >= 0.3 is 5.97 Å². The molecule has 2 aromatic heterocycles. The van der Waals surface area contributed by atoms with Gasteiger partial charge in [0.15, 0.2) is 0 Å². The summed E-state index contributed by atoms with van der Waals surface area (Å²) in [5, 5.41) is 12.6. The number of carbonyl (C=O) groups excluding carboxylic acids is 1. The lowest BCUT2D eigenvalue weighted by Crippen LogP contribution is -2.40. The third-order valence-corrected chi connectivity index (χ3v) is 6.81. The Morgan fingerprint density at radius 2 is 1.77 bits per heavy atom. The third kappa shape index (κ3) is 8.10. The first kappa shape index (κ1) is 29.8. The molecule has 8 heteroatoms. The van der Waals surface area contributed by atoms with Crippen LogP contribution in [-0.2, 0) is 16.0 Å².